The molecule has 0 aliphatic heterocycles. The molecule has 1 aromatic heterocycles. The van der Waals surface area contributed by atoms with E-state index in [9.17, 15) is 4.39 Å². The Balaban J connectivity index is 2.20. The zero-order valence-electron chi connectivity index (χ0n) is 10.5. The molecule has 0 fully saturated rings. The summed E-state index contributed by atoms with van der Waals surface area (Å²) in [6.07, 6.45) is 0.647. The van der Waals surface area contributed by atoms with Crippen LogP contribution in [0.3, 0.4) is 0 Å². The Kier molecular flexibility index (Phi) is 4.16. The van der Waals surface area contributed by atoms with E-state index in [1.807, 2.05) is 6.92 Å². The average molecular weight is 281 g/mol. The van der Waals surface area contributed by atoms with E-state index in [2.05, 4.69) is 15.3 Å². The number of halogens is 2. The average Bonchev–Trinajstić information content (AvgIpc) is 2.42. The van der Waals surface area contributed by atoms with Crippen molar-refractivity contribution in [1.82, 2.24) is 9.97 Å². The lowest BCUT2D eigenvalue weighted by molar-refractivity contribution is 0.613. The smallest absolute Gasteiger partial charge is 0.157 e. The number of hydrogen-bond acceptors (Lipinski definition) is 4. The number of rotatable bonds is 4. The van der Waals surface area contributed by atoms with Crippen molar-refractivity contribution in [2.45, 2.75) is 19.9 Å². The summed E-state index contributed by atoms with van der Waals surface area (Å²) in [5.74, 6) is 0.750. The summed E-state index contributed by atoms with van der Waals surface area (Å²) in [5, 5.41) is 3.20. The molecule has 1 aromatic carbocycles. The second-order valence-electron chi connectivity index (χ2n) is 3.99. The lowest BCUT2D eigenvalue weighted by Gasteiger charge is -2.11. The van der Waals surface area contributed by atoms with Crippen LogP contribution in [-0.2, 0) is 13.0 Å². The molecule has 0 unspecified atom stereocenters. The van der Waals surface area contributed by atoms with Crippen molar-refractivity contribution in [3.8, 4) is 0 Å². The fourth-order valence-electron chi connectivity index (χ4n) is 1.60. The van der Waals surface area contributed by atoms with Gasteiger partial charge in [0.25, 0.3) is 0 Å². The van der Waals surface area contributed by atoms with Crippen molar-refractivity contribution in [2.75, 3.05) is 11.1 Å². The first-order chi connectivity index (χ1) is 9.11. The highest BCUT2D eigenvalue weighted by molar-refractivity contribution is 6.32. The largest absolute Gasteiger partial charge is 0.393 e. The zero-order valence-corrected chi connectivity index (χ0v) is 11.2. The number of nitrogens with one attached hydrogen (secondary N) is 1. The molecule has 19 heavy (non-hydrogen) atoms. The molecule has 0 radical (unpaired) electrons. The molecule has 0 aliphatic carbocycles. The number of aromatic nitrogens is 2. The molecule has 0 saturated carbocycles. The van der Waals surface area contributed by atoms with Crippen LogP contribution >= 0.6 is 11.6 Å². The summed E-state index contributed by atoms with van der Waals surface area (Å²) >= 11 is 5.92. The number of benzene rings is 1. The quantitative estimate of drug-likeness (QED) is 0.845. The Morgan fingerprint density at radius 1 is 1.32 bits per heavy atom. The lowest BCUT2D eigenvalue weighted by atomic mass is 10.2. The molecule has 0 saturated heterocycles. The molecule has 1 heterocycles. The second kappa shape index (κ2) is 5.84. The predicted molar refractivity (Wildman–Crippen MR) is 74.6 cm³/mol. The molecule has 0 bridgehead atoms. The maximum atomic E-state index is 13.5. The number of hydrogen-bond donors (Lipinski definition) is 2. The summed E-state index contributed by atoms with van der Waals surface area (Å²) in [4.78, 5) is 8.28. The molecule has 4 nitrogen and oxygen atoms in total. The van der Waals surface area contributed by atoms with Gasteiger partial charge < -0.3 is 11.1 Å². The van der Waals surface area contributed by atoms with Gasteiger partial charge >= 0.3 is 0 Å². The Hall–Kier alpha value is -1.88. The van der Waals surface area contributed by atoms with Gasteiger partial charge in [-0.3, -0.25) is 0 Å². The first-order valence-corrected chi connectivity index (χ1v) is 6.28. The van der Waals surface area contributed by atoms with Crippen molar-refractivity contribution in [1.29, 1.82) is 0 Å². The normalized spacial score (nSPS) is 10.5. The standard InChI is InChI=1S/C13H14ClFN4/c1-2-10-18-12(14)11(16)13(19-10)17-7-8-5-3-4-6-9(8)15/h3-6H,2,7,16H2,1H3,(H,17,18,19). The van der Waals surface area contributed by atoms with E-state index in [1.165, 1.54) is 6.07 Å². The monoisotopic (exact) mass is 280 g/mol. The van der Waals surface area contributed by atoms with Gasteiger partial charge in [-0.25, -0.2) is 14.4 Å². The minimum atomic E-state index is -0.274. The molecular formula is C13H14ClFN4. The molecule has 0 aliphatic rings. The van der Waals surface area contributed by atoms with Gasteiger partial charge in [-0.2, -0.15) is 0 Å². The molecule has 0 amide bonds. The first-order valence-electron chi connectivity index (χ1n) is 5.91. The van der Waals surface area contributed by atoms with Crippen LogP contribution in [0, 0.1) is 5.82 Å². The number of aryl methyl sites for hydroxylation is 1. The summed E-state index contributed by atoms with van der Waals surface area (Å²) in [6, 6.07) is 6.52. The van der Waals surface area contributed by atoms with Gasteiger partial charge in [0.2, 0.25) is 0 Å². The van der Waals surface area contributed by atoms with Crippen LogP contribution in [-0.4, -0.2) is 9.97 Å². The van der Waals surface area contributed by atoms with Gasteiger partial charge in [0, 0.05) is 18.5 Å². The van der Waals surface area contributed by atoms with Crippen LogP contribution in [0.5, 0.6) is 0 Å². The summed E-state index contributed by atoms with van der Waals surface area (Å²) in [7, 11) is 0. The van der Waals surface area contributed by atoms with Crippen molar-refractivity contribution in [3.05, 3.63) is 46.6 Å². The third-order valence-corrected chi connectivity index (χ3v) is 2.95. The fourth-order valence-corrected chi connectivity index (χ4v) is 1.79. The Labute approximate surface area is 115 Å². The molecule has 100 valence electrons. The third kappa shape index (κ3) is 3.12. The maximum absolute atomic E-state index is 13.5. The van der Waals surface area contributed by atoms with Crippen LogP contribution in [0.15, 0.2) is 24.3 Å². The Bertz CT molecular complexity index is 589. The predicted octanol–water partition coefficient (Wildman–Crippen LogP) is 3.03. The van der Waals surface area contributed by atoms with E-state index in [-0.39, 0.29) is 23.2 Å². The highest BCUT2D eigenvalue weighted by atomic mass is 35.5. The van der Waals surface area contributed by atoms with Gasteiger partial charge in [0.05, 0.1) is 0 Å². The van der Waals surface area contributed by atoms with E-state index in [1.54, 1.807) is 18.2 Å². The molecular weight excluding hydrogens is 267 g/mol. The maximum Gasteiger partial charge on any atom is 0.157 e. The Morgan fingerprint density at radius 2 is 2.05 bits per heavy atom. The molecule has 2 aromatic rings. The number of nitrogens with two attached hydrogens (primary N) is 1. The van der Waals surface area contributed by atoms with Gasteiger partial charge in [-0.15, -0.1) is 0 Å². The number of nitrogen functional groups attached to an aromatic ring is 1. The lowest BCUT2D eigenvalue weighted by Crippen LogP contribution is -2.09. The fraction of sp³-hybridized carbons (Fsp3) is 0.231. The SMILES string of the molecule is CCc1nc(Cl)c(N)c(NCc2ccccc2F)n1. The van der Waals surface area contributed by atoms with Crippen molar-refractivity contribution in [3.63, 3.8) is 0 Å². The van der Waals surface area contributed by atoms with E-state index in [0.717, 1.165) is 0 Å². The van der Waals surface area contributed by atoms with Crippen LogP contribution < -0.4 is 11.1 Å². The van der Waals surface area contributed by atoms with E-state index < -0.39 is 0 Å². The van der Waals surface area contributed by atoms with Crippen LogP contribution in [0.1, 0.15) is 18.3 Å². The molecule has 0 atom stereocenters. The van der Waals surface area contributed by atoms with Gasteiger partial charge in [-0.1, -0.05) is 36.7 Å². The summed E-state index contributed by atoms with van der Waals surface area (Å²) < 4.78 is 13.5. The second-order valence-corrected chi connectivity index (χ2v) is 4.35. The van der Waals surface area contributed by atoms with E-state index >= 15 is 0 Å². The minimum absolute atomic E-state index is 0.211. The Morgan fingerprint density at radius 3 is 2.74 bits per heavy atom. The molecule has 0 spiro atoms. The first kappa shape index (κ1) is 13.5. The molecule has 6 heteroatoms. The van der Waals surface area contributed by atoms with Crippen molar-refractivity contribution in [2.24, 2.45) is 0 Å². The van der Waals surface area contributed by atoms with Crippen molar-refractivity contribution < 1.29 is 4.39 Å². The van der Waals surface area contributed by atoms with E-state index in [0.29, 0.717) is 23.6 Å². The highest BCUT2D eigenvalue weighted by Gasteiger charge is 2.10. The molecule has 3 N–H and O–H groups in total. The van der Waals surface area contributed by atoms with Crippen molar-refractivity contribution >= 4 is 23.1 Å². The summed E-state index contributed by atoms with van der Waals surface area (Å²) in [6.45, 7) is 2.20. The summed E-state index contributed by atoms with van der Waals surface area (Å²) in [5.41, 5.74) is 6.61. The van der Waals surface area contributed by atoms with Gasteiger partial charge in [-0.05, 0) is 6.07 Å². The third-order valence-electron chi connectivity index (χ3n) is 2.67. The van der Waals surface area contributed by atoms with Gasteiger partial charge in [0.15, 0.2) is 11.0 Å². The highest BCUT2D eigenvalue weighted by Crippen LogP contribution is 2.24. The zero-order chi connectivity index (χ0) is 13.8. The number of anilines is 2. The van der Waals surface area contributed by atoms with E-state index in [4.69, 9.17) is 17.3 Å². The molecule has 2 rings (SSSR count). The topological polar surface area (TPSA) is 63.8 Å². The van der Waals surface area contributed by atoms with Gasteiger partial charge in [0.1, 0.15) is 17.3 Å². The minimum Gasteiger partial charge on any atom is -0.393 e. The van der Waals surface area contributed by atoms with Crippen LogP contribution in [0.2, 0.25) is 5.15 Å². The van der Waals surface area contributed by atoms with Crippen LogP contribution in [0.4, 0.5) is 15.9 Å². The van der Waals surface area contributed by atoms with Crippen LogP contribution in [0.25, 0.3) is 0 Å². The number of nitrogens with zero attached hydrogens (tertiary/aromatic N) is 2.